The maximum atomic E-state index is 11.9. The molecule has 0 saturated carbocycles. The zero-order valence-electron chi connectivity index (χ0n) is 84.0. The zero-order chi connectivity index (χ0) is 111. The fraction of sp³-hybridized carbons (Fsp3) is 0.354. The summed E-state index contributed by atoms with van der Waals surface area (Å²) in [5.74, 6) is -15.4. The van der Waals surface area contributed by atoms with Crippen molar-refractivity contribution in [1.29, 1.82) is 0 Å². The van der Waals surface area contributed by atoms with E-state index in [1.807, 2.05) is 0 Å². The first-order valence-corrected chi connectivity index (χ1v) is 42.3. The number of phenolic OH excluding ortho intramolecular Hbond substituents is 5. The number of carboxylic acid groups (broad SMARTS) is 2. The van der Waals surface area contributed by atoms with Gasteiger partial charge in [-0.25, -0.2) is 67.1 Å². The standard InChI is InChI=1S/C13H14O5.2C12H12O5.2C11H10O5.2C11H12O5.C7H10O5.C4H6O2.C3H6O2.C3H6O.CH4O.Na/c1-13(2)6-7-4-5-8(11(15)17-3)10(14)9(7)12(16)18-13;1-12(2)5-6-3-4-7(10(14)15)9(13)8(6)11(16)17-12;1-6-5-7-3-4-8(11(14)16-2)10(13)9(7)12(15)17-6;1-15-10(13)7-3-2-6-4-5-16-11(14)8(6)9(7)12;1-5-4-6-2-3-7(10(13)14)9(12)8(6)11(15)16-5;2*1-6-4-5-7(10(13)15-2)9(12)8(6)11(14)16-3;1-11-6(9)3-5(8)4-7(10)12-2;1-4(6)2-3-5;1-2-5-3-4;1-3(2)4;1-2;/h4-5,14H,6H2,1-3H3;3-4,13H,5H2,1-2H3,(H,14,15);3-4,6,13H,5H2,1-2H3;2-3,12H,4-5H2,1H3;2-3,5,12H,4H2,1H3,(H,13,14);2*4-5,12H,1-3H3;3-4H2,1-2H3;2-3,5H,1H3;3H,2H2,1H3;1-2H3;2H,1H3;/q;;;;;;;;;;;;+1/p-1/b;;;;;;;;3-2-;;;;. The molecule has 7 aromatic carbocycles. The Hall–Kier alpha value is -16.4. The van der Waals surface area contributed by atoms with E-state index in [0.29, 0.717) is 97.0 Å². The molecule has 5 aliphatic rings. The number of carbonyl (C=O) groups excluding carboxylic acids is 18. The van der Waals surface area contributed by atoms with Crippen LogP contribution < -0.4 is 34.7 Å². The Morgan fingerprint density at radius 1 is 0.397 bits per heavy atom. The van der Waals surface area contributed by atoms with Crippen molar-refractivity contribution in [1.82, 2.24) is 0 Å². The maximum Gasteiger partial charge on any atom is 1.00 e. The zero-order valence-corrected chi connectivity index (χ0v) is 86.0. The van der Waals surface area contributed by atoms with Gasteiger partial charge >= 0.3 is 125 Å². The molecule has 12 rings (SSSR count). The molecule has 0 aromatic heterocycles. The Morgan fingerprint density at radius 3 is 0.925 bits per heavy atom. The summed E-state index contributed by atoms with van der Waals surface area (Å²) < 4.78 is 69.2. The van der Waals surface area contributed by atoms with E-state index in [0.717, 1.165) is 13.2 Å². The monoisotopic (exact) mass is 2060 g/mol. The third-order valence-electron chi connectivity index (χ3n) is 19.3. The number of carbonyl (C=O) groups is 20. The average Bonchev–Trinajstić information content (AvgIpc) is 0.771. The van der Waals surface area contributed by atoms with Crippen LogP contribution in [0.4, 0.5) is 0 Å². The number of esters is 14. The molecule has 0 radical (unpaired) electrons. The molecule has 7 aromatic rings. The molecule has 0 spiro atoms. The molecule has 10 N–H and O–H groups in total. The molecule has 46 nitrogen and oxygen atoms in total. The van der Waals surface area contributed by atoms with Gasteiger partial charge in [0.25, 0.3) is 6.47 Å². The predicted molar refractivity (Wildman–Crippen MR) is 497 cm³/mol. The van der Waals surface area contributed by atoms with Gasteiger partial charge in [-0.05, 0) is 171 Å². The fourth-order valence-corrected chi connectivity index (χ4v) is 12.8. The molecule has 5 heterocycles. The van der Waals surface area contributed by atoms with E-state index >= 15 is 0 Å². The van der Waals surface area contributed by atoms with Crippen LogP contribution in [-0.4, -0.2) is 278 Å². The molecule has 0 fully saturated rings. The molecule has 2 atom stereocenters. The van der Waals surface area contributed by atoms with Gasteiger partial charge in [-0.2, -0.15) is 0 Å². The van der Waals surface area contributed by atoms with Crippen LogP contribution in [0.5, 0.6) is 40.2 Å². The topological polar surface area (TPSA) is 705 Å². The van der Waals surface area contributed by atoms with Crippen LogP contribution in [-0.2, 0) is 132 Å². The Kier molecular flexibility index (Phi) is 55.2. The number of allylic oxidation sites excluding steroid dienone is 1. The number of methoxy groups -OCH3 is 9. The Balaban J connectivity index is 0.00000161. The van der Waals surface area contributed by atoms with E-state index in [4.69, 9.17) is 39.0 Å². The van der Waals surface area contributed by atoms with Gasteiger partial charge < -0.3 is 132 Å². The second-order valence-corrected chi connectivity index (χ2v) is 31.1. The average molecular weight is 2060 g/mol. The van der Waals surface area contributed by atoms with Gasteiger partial charge in [0.1, 0.15) is 160 Å². The number of cyclic esters (lactones) is 5. The number of aliphatic hydroxyl groups is 1. The number of benzene rings is 7. The number of aryl methyl sites for hydroxylation is 2. The number of aliphatic hydroxyl groups excluding tert-OH is 1. The molecule has 47 heteroatoms. The number of aromatic carboxylic acids is 2. The van der Waals surface area contributed by atoms with Gasteiger partial charge in [0.2, 0.25) is 0 Å². The predicted octanol–water partition coefficient (Wildman–Crippen LogP) is 5.68. The number of aromatic hydroxyl groups is 7. The van der Waals surface area contributed by atoms with E-state index in [2.05, 4.69) is 47.4 Å². The molecule has 786 valence electrons. The number of hydrogen-bond donors (Lipinski definition) is 10. The second kappa shape index (κ2) is 62.1. The third-order valence-corrected chi connectivity index (χ3v) is 19.3. The summed E-state index contributed by atoms with van der Waals surface area (Å²) in [6.07, 6.45) is 2.68. The van der Waals surface area contributed by atoms with Crippen molar-refractivity contribution in [2.24, 2.45) is 0 Å². The molecule has 0 amide bonds. The largest absolute Gasteiger partial charge is 1.00 e. The van der Waals surface area contributed by atoms with Crippen molar-refractivity contribution < 1.29 is 253 Å². The van der Waals surface area contributed by atoms with Gasteiger partial charge in [0.05, 0.1) is 77.2 Å². The van der Waals surface area contributed by atoms with Crippen LogP contribution >= 0.6 is 0 Å². The van der Waals surface area contributed by atoms with Crippen molar-refractivity contribution in [3.05, 3.63) is 214 Å². The fourth-order valence-electron chi connectivity index (χ4n) is 12.8. The summed E-state index contributed by atoms with van der Waals surface area (Å²) in [6.45, 7) is 21.2. The molecular weight excluding hydrogens is 1950 g/mol. The first-order chi connectivity index (χ1) is 67.9. The van der Waals surface area contributed by atoms with Gasteiger partial charge in [-0.3, -0.25) is 24.0 Å². The summed E-state index contributed by atoms with van der Waals surface area (Å²) in [5.41, 5.74) is 2.33. The molecule has 0 bridgehead atoms. The van der Waals surface area contributed by atoms with E-state index in [1.54, 1.807) is 86.6 Å². The van der Waals surface area contributed by atoms with E-state index in [9.17, 15) is 137 Å². The molecule has 0 saturated heterocycles. The number of ketones is 3. The van der Waals surface area contributed by atoms with Gasteiger partial charge in [0.15, 0.2) is 11.6 Å². The normalized spacial score (nSPS) is 13.5. The number of fused-ring (bicyclic) bond motifs is 5. The molecular formula is C99H113NaO46. The number of ether oxygens (including phenoxy) is 15. The van der Waals surface area contributed by atoms with Crippen molar-refractivity contribution in [3.63, 3.8) is 0 Å². The molecule has 5 aliphatic heterocycles. The number of Topliss-reactive ketones (excluding diaryl/α,β-unsaturated/α-hetero) is 2. The smallest absolute Gasteiger partial charge is 0.878 e. The summed E-state index contributed by atoms with van der Waals surface area (Å²) in [4.78, 5) is 219. The summed E-state index contributed by atoms with van der Waals surface area (Å²) in [7, 11) is 11.8. The van der Waals surface area contributed by atoms with Gasteiger partial charge in [-0.1, -0.05) is 42.5 Å². The molecule has 146 heavy (non-hydrogen) atoms. The third kappa shape index (κ3) is 38.2. The SMILES string of the molecule is CC(=O)/C=C\[O-].CC(C)=O.CC1(C)Cc2ccc(C(=O)O)c(O)c2C(=O)O1.CC1Cc2ccc(C(=O)O)c(O)c2C(=O)O1.CCOC=O.CO.COC(=O)CC(=O)CC(=O)OC.COC(=O)c1ccc(C)c(C(=O)OC)c1O.COC(=O)c1ccc(C)c(C(=O)OC)c1O.COC(=O)c1ccc2c(c1O)C(=O)OC(C)(C)C2.COC(=O)c1ccc2c(c1O)C(=O)OC(C)C2.COC(=O)c1ccc2c(c1O)C(=O)OCC2.[Na+]. The van der Waals surface area contributed by atoms with Crippen LogP contribution in [0.15, 0.2) is 97.3 Å². The molecule has 2 unspecified atom stereocenters. The van der Waals surface area contributed by atoms with Crippen LogP contribution in [0, 0.1) is 13.8 Å². The first-order valence-electron chi connectivity index (χ1n) is 42.3. The minimum atomic E-state index is -1.28. The van der Waals surface area contributed by atoms with Crippen molar-refractivity contribution in [2.45, 2.75) is 151 Å². The first kappa shape index (κ1) is 130. The number of hydrogen-bond acceptors (Lipinski definition) is 44. The van der Waals surface area contributed by atoms with E-state index < -0.39 is 135 Å². The molecule has 0 aliphatic carbocycles. The van der Waals surface area contributed by atoms with Gasteiger partial charge in [-0.15, -0.1) is 6.26 Å². The Labute approximate surface area is 857 Å². The number of phenols is 7. The van der Waals surface area contributed by atoms with Crippen molar-refractivity contribution >= 4 is 119 Å². The quantitative estimate of drug-likeness (QED) is 0.0106. The van der Waals surface area contributed by atoms with Gasteiger partial charge in [0, 0.05) is 39.2 Å². The second-order valence-electron chi connectivity index (χ2n) is 31.1. The van der Waals surface area contributed by atoms with E-state index in [1.165, 1.54) is 145 Å². The number of carboxylic acids is 2. The van der Waals surface area contributed by atoms with E-state index in [-0.39, 0.29) is 161 Å². The maximum absolute atomic E-state index is 11.9. The van der Waals surface area contributed by atoms with Crippen LogP contribution in [0.25, 0.3) is 0 Å². The van der Waals surface area contributed by atoms with Crippen LogP contribution in [0.1, 0.15) is 266 Å². The van der Waals surface area contributed by atoms with Crippen molar-refractivity contribution in [3.8, 4) is 40.2 Å². The summed E-state index contributed by atoms with van der Waals surface area (Å²) in [6, 6.07) is 20.8. The number of rotatable bonds is 16. The van der Waals surface area contributed by atoms with Crippen LogP contribution in [0.3, 0.4) is 0 Å². The minimum Gasteiger partial charge on any atom is -0.878 e. The van der Waals surface area contributed by atoms with Crippen molar-refractivity contribution in [2.75, 3.05) is 84.3 Å². The summed E-state index contributed by atoms with van der Waals surface area (Å²) >= 11 is 0. The summed E-state index contributed by atoms with van der Waals surface area (Å²) in [5, 5.41) is 103. The Morgan fingerprint density at radius 2 is 0.664 bits per heavy atom. The minimum absolute atomic E-state index is 0. The van der Waals surface area contributed by atoms with Crippen LogP contribution in [0.2, 0.25) is 0 Å². The Bertz CT molecular complexity index is 5880.